The lowest BCUT2D eigenvalue weighted by Gasteiger charge is -2.06. The molecule has 154 valence electrons. The SMILES string of the molecule is CCC(=O)Nc1ccc(C(=O)COC(=O)c2[nH]c(CC)c(C(=O)OC)c2C)cc1. The summed E-state index contributed by atoms with van der Waals surface area (Å²) in [6.07, 6.45) is 0.852. The number of hydrogen-bond donors (Lipinski definition) is 2. The maximum absolute atomic E-state index is 12.4. The predicted octanol–water partition coefficient (Wildman–Crippen LogP) is 3.06. The number of nitrogens with one attached hydrogen (secondary N) is 2. The van der Waals surface area contributed by atoms with Gasteiger partial charge in [0, 0.05) is 23.4 Å². The average molecular weight is 400 g/mol. The van der Waals surface area contributed by atoms with Crippen LogP contribution in [0.1, 0.15) is 62.7 Å². The van der Waals surface area contributed by atoms with E-state index in [0.29, 0.717) is 40.9 Å². The highest BCUT2D eigenvalue weighted by atomic mass is 16.5. The monoisotopic (exact) mass is 400 g/mol. The third kappa shape index (κ3) is 5.10. The lowest BCUT2D eigenvalue weighted by atomic mass is 10.1. The van der Waals surface area contributed by atoms with Crippen molar-refractivity contribution in [2.75, 3.05) is 19.0 Å². The van der Waals surface area contributed by atoms with E-state index in [2.05, 4.69) is 10.3 Å². The van der Waals surface area contributed by atoms with Crippen LogP contribution in [0.5, 0.6) is 0 Å². The molecule has 0 saturated heterocycles. The Bertz CT molecular complexity index is 927. The molecule has 2 N–H and O–H groups in total. The number of amides is 1. The number of aromatic nitrogens is 1. The third-order valence-corrected chi connectivity index (χ3v) is 4.42. The second-order valence-electron chi connectivity index (χ2n) is 6.30. The number of hydrogen-bond acceptors (Lipinski definition) is 6. The molecule has 0 spiro atoms. The van der Waals surface area contributed by atoms with Crippen LogP contribution < -0.4 is 5.32 Å². The number of ketones is 1. The van der Waals surface area contributed by atoms with Gasteiger partial charge >= 0.3 is 11.9 Å². The molecule has 2 aromatic rings. The Hall–Kier alpha value is -3.42. The van der Waals surface area contributed by atoms with E-state index in [-0.39, 0.29) is 17.4 Å². The van der Waals surface area contributed by atoms with Crippen molar-refractivity contribution in [3.05, 3.63) is 52.3 Å². The topological polar surface area (TPSA) is 115 Å². The average Bonchev–Trinajstić information content (AvgIpc) is 3.07. The second-order valence-corrected chi connectivity index (χ2v) is 6.30. The van der Waals surface area contributed by atoms with Gasteiger partial charge in [-0.15, -0.1) is 0 Å². The summed E-state index contributed by atoms with van der Waals surface area (Å²) in [5, 5.41) is 2.69. The molecule has 0 fully saturated rings. The van der Waals surface area contributed by atoms with Crippen LogP contribution in [0.15, 0.2) is 24.3 Å². The fourth-order valence-electron chi connectivity index (χ4n) is 2.78. The first kappa shape index (κ1) is 21.9. The van der Waals surface area contributed by atoms with Crippen LogP contribution in [0.2, 0.25) is 0 Å². The first-order valence-electron chi connectivity index (χ1n) is 9.22. The van der Waals surface area contributed by atoms with E-state index in [9.17, 15) is 19.2 Å². The highest BCUT2D eigenvalue weighted by Gasteiger charge is 2.25. The summed E-state index contributed by atoms with van der Waals surface area (Å²) < 4.78 is 9.88. The van der Waals surface area contributed by atoms with Crippen LogP contribution in [0.3, 0.4) is 0 Å². The highest BCUT2D eigenvalue weighted by molar-refractivity contribution is 6.01. The van der Waals surface area contributed by atoms with Crippen molar-refractivity contribution in [3.63, 3.8) is 0 Å². The summed E-state index contributed by atoms with van der Waals surface area (Å²) in [7, 11) is 1.27. The van der Waals surface area contributed by atoms with Crippen molar-refractivity contribution in [3.8, 4) is 0 Å². The number of carbonyl (C=O) groups excluding carboxylic acids is 4. The molecular formula is C21H24N2O6. The summed E-state index contributed by atoms with van der Waals surface area (Å²) in [6.45, 7) is 4.74. The van der Waals surface area contributed by atoms with Crippen molar-refractivity contribution in [2.24, 2.45) is 0 Å². The molecule has 8 heteroatoms. The van der Waals surface area contributed by atoms with Gasteiger partial charge in [-0.1, -0.05) is 13.8 Å². The number of Topliss-reactive ketones (excluding diaryl/α,β-unsaturated/α-hetero) is 1. The van der Waals surface area contributed by atoms with Crippen LogP contribution in [0.25, 0.3) is 0 Å². The molecule has 0 aliphatic rings. The fourth-order valence-corrected chi connectivity index (χ4v) is 2.78. The zero-order valence-electron chi connectivity index (χ0n) is 16.9. The van der Waals surface area contributed by atoms with Crippen LogP contribution in [-0.2, 0) is 20.7 Å². The molecule has 0 aliphatic carbocycles. The van der Waals surface area contributed by atoms with E-state index in [1.807, 2.05) is 6.92 Å². The van der Waals surface area contributed by atoms with Gasteiger partial charge in [0.05, 0.1) is 12.7 Å². The number of anilines is 1. The lowest BCUT2D eigenvalue weighted by Crippen LogP contribution is -2.15. The van der Waals surface area contributed by atoms with Gasteiger partial charge in [0.2, 0.25) is 5.91 Å². The number of esters is 2. The third-order valence-electron chi connectivity index (χ3n) is 4.42. The molecule has 0 radical (unpaired) electrons. The van der Waals surface area contributed by atoms with Crippen molar-refractivity contribution in [2.45, 2.75) is 33.6 Å². The van der Waals surface area contributed by atoms with E-state index in [4.69, 9.17) is 9.47 Å². The van der Waals surface area contributed by atoms with Gasteiger partial charge in [-0.05, 0) is 43.2 Å². The summed E-state index contributed by atoms with van der Waals surface area (Å²) in [6, 6.07) is 6.31. The summed E-state index contributed by atoms with van der Waals surface area (Å²) in [5.41, 5.74) is 2.33. The fraction of sp³-hybridized carbons (Fsp3) is 0.333. The Kier molecular flexibility index (Phi) is 7.30. The van der Waals surface area contributed by atoms with E-state index in [1.54, 1.807) is 38.1 Å². The van der Waals surface area contributed by atoms with E-state index < -0.39 is 18.5 Å². The molecule has 0 atom stereocenters. The van der Waals surface area contributed by atoms with Gasteiger partial charge in [0.15, 0.2) is 12.4 Å². The number of H-pyrrole nitrogens is 1. The Morgan fingerprint density at radius 2 is 1.69 bits per heavy atom. The number of rotatable bonds is 8. The summed E-state index contributed by atoms with van der Waals surface area (Å²) in [5.74, 6) is -1.79. The van der Waals surface area contributed by atoms with Crippen LogP contribution in [-0.4, -0.2) is 42.3 Å². The molecule has 1 heterocycles. The van der Waals surface area contributed by atoms with Crippen molar-refractivity contribution in [1.82, 2.24) is 4.98 Å². The molecule has 0 bridgehead atoms. The number of aromatic amines is 1. The van der Waals surface area contributed by atoms with Crippen LogP contribution in [0, 0.1) is 6.92 Å². The molecule has 0 saturated carbocycles. The molecule has 1 amide bonds. The minimum absolute atomic E-state index is 0.118. The number of ether oxygens (including phenoxy) is 2. The largest absolute Gasteiger partial charge is 0.465 e. The molecular weight excluding hydrogens is 376 g/mol. The predicted molar refractivity (Wildman–Crippen MR) is 106 cm³/mol. The second kappa shape index (κ2) is 9.68. The first-order chi connectivity index (χ1) is 13.8. The number of carbonyl (C=O) groups is 4. The summed E-state index contributed by atoms with van der Waals surface area (Å²) in [4.78, 5) is 50.9. The smallest absolute Gasteiger partial charge is 0.355 e. The summed E-state index contributed by atoms with van der Waals surface area (Å²) >= 11 is 0. The molecule has 1 aromatic heterocycles. The van der Waals surface area contributed by atoms with Crippen LogP contribution >= 0.6 is 0 Å². The Balaban J connectivity index is 2.05. The highest BCUT2D eigenvalue weighted by Crippen LogP contribution is 2.21. The van der Waals surface area contributed by atoms with E-state index >= 15 is 0 Å². The molecule has 8 nitrogen and oxygen atoms in total. The van der Waals surface area contributed by atoms with Crippen molar-refractivity contribution < 1.29 is 28.7 Å². The van der Waals surface area contributed by atoms with Gasteiger partial charge < -0.3 is 19.8 Å². The zero-order chi connectivity index (χ0) is 21.6. The number of methoxy groups -OCH3 is 1. The van der Waals surface area contributed by atoms with Crippen molar-refractivity contribution >= 4 is 29.3 Å². The first-order valence-corrected chi connectivity index (χ1v) is 9.22. The standard InChI is InChI=1S/C21H24N2O6/c1-5-15-18(20(26)28-4)12(3)19(23-15)21(27)29-11-16(24)13-7-9-14(10-8-13)22-17(25)6-2/h7-10,23H,5-6,11H2,1-4H3,(H,22,25). The zero-order valence-corrected chi connectivity index (χ0v) is 16.9. The maximum atomic E-state index is 12.4. The Morgan fingerprint density at radius 3 is 2.24 bits per heavy atom. The number of benzene rings is 1. The van der Waals surface area contributed by atoms with E-state index in [0.717, 1.165) is 0 Å². The molecule has 29 heavy (non-hydrogen) atoms. The Labute approximate surface area is 168 Å². The number of aryl methyl sites for hydroxylation is 1. The lowest BCUT2D eigenvalue weighted by molar-refractivity contribution is -0.115. The van der Waals surface area contributed by atoms with Gasteiger partial charge in [-0.25, -0.2) is 9.59 Å². The van der Waals surface area contributed by atoms with Gasteiger partial charge in [-0.3, -0.25) is 9.59 Å². The van der Waals surface area contributed by atoms with Gasteiger partial charge in [0.1, 0.15) is 5.69 Å². The van der Waals surface area contributed by atoms with E-state index in [1.165, 1.54) is 7.11 Å². The minimum atomic E-state index is -0.729. The maximum Gasteiger partial charge on any atom is 0.355 e. The minimum Gasteiger partial charge on any atom is -0.465 e. The Morgan fingerprint density at radius 1 is 1.03 bits per heavy atom. The van der Waals surface area contributed by atoms with Crippen molar-refractivity contribution in [1.29, 1.82) is 0 Å². The quantitative estimate of drug-likeness (QED) is 0.520. The van der Waals surface area contributed by atoms with Crippen LogP contribution in [0.4, 0.5) is 5.69 Å². The molecule has 0 aliphatic heterocycles. The van der Waals surface area contributed by atoms with Gasteiger partial charge in [-0.2, -0.15) is 0 Å². The van der Waals surface area contributed by atoms with Gasteiger partial charge in [0.25, 0.3) is 0 Å². The molecule has 2 rings (SSSR count). The normalized spacial score (nSPS) is 10.3. The molecule has 0 unspecified atom stereocenters. The molecule has 1 aromatic carbocycles.